The second-order valence-corrected chi connectivity index (χ2v) is 8.13. The standard InChI is InChI=1S/C25H24N2O4S/c1-4-26(16-17-9-6-5-7-10-17)23-22(21-11-8-14-32-21)24(28)27(25(23)29)19-13-12-18(30-2)15-20(19)31-3/h5-15H,4,16H2,1-3H3. The third-order valence-electron chi connectivity index (χ3n) is 5.37. The van der Waals surface area contributed by atoms with Crippen molar-refractivity contribution in [1.29, 1.82) is 0 Å². The van der Waals surface area contributed by atoms with E-state index in [4.69, 9.17) is 9.47 Å². The van der Waals surface area contributed by atoms with Crippen LogP contribution >= 0.6 is 11.3 Å². The molecule has 164 valence electrons. The van der Waals surface area contributed by atoms with Crippen LogP contribution in [0.4, 0.5) is 5.69 Å². The van der Waals surface area contributed by atoms with Gasteiger partial charge in [0.05, 0.1) is 25.5 Å². The molecule has 1 aromatic heterocycles. The second-order valence-electron chi connectivity index (χ2n) is 7.18. The highest BCUT2D eigenvalue weighted by atomic mass is 32.1. The minimum Gasteiger partial charge on any atom is -0.497 e. The van der Waals surface area contributed by atoms with Crippen molar-refractivity contribution in [3.8, 4) is 11.5 Å². The number of carbonyl (C=O) groups is 2. The molecular formula is C25H24N2O4S. The van der Waals surface area contributed by atoms with Crippen molar-refractivity contribution < 1.29 is 19.1 Å². The highest BCUT2D eigenvalue weighted by Gasteiger charge is 2.43. The molecule has 0 unspecified atom stereocenters. The van der Waals surface area contributed by atoms with Crippen LogP contribution < -0.4 is 14.4 Å². The summed E-state index contributed by atoms with van der Waals surface area (Å²) in [5, 5.41) is 1.90. The molecule has 0 bridgehead atoms. The largest absolute Gasteiger partial charge is 0.497 e. The van der Waals surface area contributed by atoms with E-state index in [1.165, 1.54) is 23.3 Å². The van der Waals surface area contributed by atoms with E-state index in [0.717, 1.165) is 10.4 Å². The number of amides is 2. The van der Waals surface area contributed by atoms with Gasteiger partial charge in [-0.1, -0.05) is 36.4 Å². The number of rotatable bonds is 8. The SMILES string of the molecule is CCN(Cc1ccccc1)C1=C(c2cccs2)C(=O)N(c2ccc(OC)cc2OC)C1=O. The molecule has 0 saturated heterocycles. The Hall–Kier alpha value is -3.58. The number of methoxy groups -OCH3 is 2. The summed E-state index contributed by atoms with van der Waals surface area (Å²) in [6, 6.07) is 18.7. The first kappa shape index (κ1) is 21.6. The van der Waals surface area contributed by atoms with Gasteiger partial charge in [-0.25, -0.2) is 4.90 Å². The van der Waals surface area contributed by atoms with E-state index in [9.17, 15) is 9.59 Å². The molecule has 2 amide bonds. The van der Waals surface area contributed by atoms with Gasteiger partial charge in [0.1, 0.15) is 17.2 Å². The van der Waals surface area contributed by atoms with Gasteiger partial charge in [0, 0.05) is 24.0 Å². The zero-order chi connectivity index (χ0) is 22.7. The van der Waals surface area contributed by atoms with Gasteiger partial charge in [-0.3, -0.25) is 9.59 Å². The van der Waals surface area contributed by atoms with Crippen molar-refractivity contribution in [2.45, 2.75) is 13.5 Å². The first-order valence-corrected chi connectivity index (χ1v) is 11.1. The molecule has 0 atom stereocenters. The summed E-state index contributed by atoms with van der Waals surface area (Å²) >= 11 is 1.44. The predicted molar refractivity (Wildman–Crippen MR) is 126 cm³/mol. The molecule has 6 nitrogen and oxygen atoms in total. The fourth-order valence-corrected chi connectivity index (χ4v) is 4.56. The van der Waals surface area contributed by atoms with Gasteiger partial charge in [0.2, 0.25) is 0 Å². The number of hydrogen-bond acceptors (Lipinski definition) is 6. The van der Waals surface area contributed by atoms with Crippen LogP contribution in [0.3, 0.4) is 0 Å². The van der Waals surface area contributed by atoms with Gasteiger partial charge in [-0.05, 0) is 36.1 Å². The van der Waals surface area contributed by atoms with E-state index < -0.39 is 0 Å². The van der Waals surface area contributed by atoms with Gasteiger partial charge >= 0.3 is 0 Å². The molecular weight excluding hydrogens is 424 g/mol. The van der Waals surface area contributed by atoms with Crippen LogP contribution in [0.25, 0.3) is 5.57 Å². The maximum Gasteiger partial charge on any atom is 0.282 e. The minimum atomic E-state index is -0.361. The van der Waals surface area contributed by atoms with Crippen LogP contribution in [0.2, 0.25) is 0 Å². The van der Waals surface area contributed by atoms with Crippen molar-refractivity contribution in [3.63, 3.8) is 0 Å². The zero-order valence-corrected chi connectivity index (χ0v) is 19.0. The van der Waals surface area contributed by atoms with Gasteiger partial charge in [-0.15, -0.1) is 11.3 Å². The summed E-state index contributed by atoms with van der Waals surface area (Å²) in [6.07, 6.45) is 0. The van der Waals surface area contributed by atoms with Crippen molar-refractivity contribution in [1.82, 2.24) is 4.90 Å². The third-order valence-corrected chi connectivity index (χ3v) is 6.26. The fourth-order valence-electron chi connectivity index (χ4n) is 3.80. The zero-order valence-electron chi connectivity index (χ0n) is 18.2. The van der Waals surface area contributed by atoms with Crippen molar-refractivity contribution in [3.05, 3.63) is 82.2 Å². The first-order chi connectivity index (χ1) is 15.6. The number of nitrogens with zero attached hydrogens (tertiary/aromatic N) is 2. The number of likely N-dealkylation sites (N-methyl/N-ethyl adjacent to an activating group) is 1. The summed E-state index contributed by atoms with van der Waals surface area (Å²) in [7, 11) is 3.06. The molecule has 7 heteroatoms. The maximum absolute atomic E-state index is 13.8. The summed E-state index contributed by atoms with van der Waals surface area (Å²) in [5.41, 5.74) is 2.28. The van der Waals surface area contributed by atoms with Crippen molar-refractivity contribution in [2.75, 3.05) is 25.7 Å². The van der Waals surface area contributed by atoms with E-state index >= 15 is 0 Å². The van der Waals surface area contributed by atoms with Crippen molar-refractivity contribution >= 4 is 34.4 Å². The average Bonchev–Trinajstić information content (AvgIpc) is 3.44. The Morgan fingerprint density at radius 2 is 1.72 bits per heavy atom. The number of thiophene rings is 1. The molecule has 2 aromatic carbocycles. The number of benzene rings is 2. The van der Waals surface area contributed by atoms with Crippen LogP contribution in [-0.4, -0.2) is 37.5 Å². The van der Waals surface area contributed by atoms with Crippen LogP contribution in [-0.2, 0) is 16.1 Å². The topological polar surface area (TPSA) is 59.1 Å². The summed E-state index contributed by atoms with van der Waals surface area (Å²) in [5.74, 6) is 0.252. The van der Waals surface area contributed by atoms with Gasteiger partial charge in [0.25, 0.3) is 11.8 Å². The van der Waals surface area contributed by atoms with E-state index in [-0.39, 0.29) is 11.8 Å². The molecule has 0 fully saturated rings. The number of hydrogen-bond donors (Lipinski definition) is 0. The Bertz CT molecular complexity index is 1160. The lowest BCUT2D eigenvalue weighted by Gasteiger charge is -2.25. The van der Waals surface area contributed by atoms with Crippen molar-refractivity contribution in [2.24, 2.45) is 0 Å². The highest BCUT2D eigenvalue weighted by Crippen LogP contribution is 2.41. The number of carbonyl (C=O) groups excluding carboxylic acids is 2. The van der Waals surface area contributed by atoms with E-state index in [0.29, 0.717) is 41.5 Å². The summed E-state index contributed by atoms with van der Waals surface area (Å²) < 4.78 is 10.8. The molecule has 0 spiro atoms. The summed E-state index contributed by atoms with van der Waals surface area (Å²) in [4.78, 5) is 31.3. The second kappa shape index (κ2) is 9.28. The molecule has 0 saturated carbocycles. The monoisotopic (exact) mass is 448 g/mol. The molecule has 0 N–H and O–H groups in total. The van der Waals surface area contributed by atoms with E-state index in [1.54, 1.807) is 25.3 Å². The Kier molecular flexibility index (Phi) is 6.28. The van der Waals surface area contributed by atoms with Crippen LogP contribution in [0.5, 0.6) is 11.5 Å². The van der Waals surface area contributed by atoms with Gasteiger partial charge < -0.3 is 14.4 Å². The Morgan fingerprint density at radius 3 is 2.34 bits per heavy atom. The minimum absolute atomic E-state index is 0.359. The molecule has 32 heavy (non-hydrogen) atoms. The molecule has 1 aliphatic heterocycles. The van der Waals surface area contributed by atoms with Gasteiger partial charge in [0.15, 0.2) is 0 Å². The highest BCUT2D eigenvalue weighted by molar-refractivity contribution is 7.11. The average molecular weight is 449 g/mol. The number of anilines is 1. The normalized spacial score (nSPS) is 13.7. The predicted octanol–water partition coefficient (Wildman–Crippen LogP) is 4.57. The number of ether oxygens (including phenoxy) is 2. The van der Waals surface area contributed by atoms with E-state index in [1.807, 2.05) is 59.7 Å². The quantitative estimate of drug-likeness (QED) is 0.473. The van der Waals surface area contributed by atoms with E-state index in [2.05, 4.69) is 0 Å². The Morgan fingerprint density at radius 1 is 0.938 bits per heavy atom. The lowest BCUT2D eigenvalue weighted by atomic mass is 10.1. The molecule has 1 aliphatic rings. The lowest BCUT2D eigenvalue weighted by Crippen LogP contribution is -2.35. The molecule has 4 rings (SSSR count). The summed E-state index contributed by atoms with van der Waals surface area (Å²) in [6.45, 7) is 3.08. The van der Waals surface area contributed by atoms with Crippen LogP contribution in [0.15, 0.2) is 71.7 Å². The molecule has 3 aromatic rings. The lowest BCUT2D eigenvalue weighted by molar-refractivity contribution is -0.120. The molecule has 0 aliphatic carbocycles. The Labute approximate surface area is 191 Å². The first-order valence-electron chi connectivity index (χ1n) is 10.3. The third kappa shape index (κ3) is 3.87. The smallest absolute Gasteiger partial charge is 0.282 e. The maximum atomic E-state index is 13.8. The van der Waals surface area contributed by atoms with Crippen LogP contribution in [0.1, 0.15) is 17.4 Å². The van der Waals surface area contributed by atoms with Crippen LogP contribution in [0, 0.1) is 0 Å². The molecule has 2 heterocycles. The Balaban J connectivity index is 1.81. The molecule has 0 radical (unpaired) electrons. The fraction of sp³-hybridized carbons (Fsp3) is 0.200. The van der Waals surface area contributed by atoms with Gasteiger partial charge in [-0.2, -0.15) is 0 Å². The number of imide groups is 1.